The lowest BCUT2D eigenvalue weighted by molar-refractivity contribution is -0.191. The number of carbonyl (C=O) groups excluding carboxylic acids is 2. The normalized spacial score (nSPS) is 39.8. The molecule has 2 aliphatic heterocycles. The largest absolute Gasteiger partial charge is 0.456 e. The molecule has 0 aliphatic carbocycles. The molecule has 2 bridgehead atoms. The number of hydrogen-bond acceptors (Lipinski definition) is 5. The van der Waals surface area contributed by atoms with Gasteiger partial charge in [-0.15, -0.1) is 0 Å². The molecule has 3 unspecified atom stereocenters. The van der Waals surface area contributed by atoms with E-state index in [0.717, 1.165) is 0 Å². The second-order valence-corrected chi connectivity index (χ2v) is 4.12. The number of fused-ring (bicyclic) bond motifs is 2. The number of amides is 1. The maximum absolute atomic E-state index is 14.1. The Hall–Kier alpha value is -1.21. The summed E-state index contributed by atoms with van der Waals surface area (Å²) in [6, 6.07) is -0.949. The molecule has 2 saturated heterocycles. The quantitative estimate of drug-likeness (QED) is 0.667. The van der Waals surface area contributed by atoms with E-state index in [1.165, 1.54) is 13.8 Å². The summed E-state index contributed by atoms with van der Waals surface area (Å²) >= 11 is 0. The number of alkyl halides is 1. The van der Waals surface area contributed by atoms with Crippen LogP contribution in [0.3, 0.4) is 0 Å². The molecule has 0 aromatic rings. The molecule has 7 heteroatoms. The van der Waals surface area contributed by atoms with Gasteiger partial charge in [-0.05, 0) is 0 Å². The van der Waals surface area contributed by atoms with Crippen molar-refractivity contribution in [3.8, 4) is 0 Å². The van der Waals surface area contributed by atoms with E-state index < -0.39 is 42.6 Å². The molecule has 96 valence electrons. The topological polar surface area (TPSA) is 73.9 Å². The van der Waals surface area contributed by atoms with E-state index in [9.17, 15) is 14.0 Å². The molecule has 1 N–H and O–H groups in total. The van der Waals surface area contributed by atoms with Crippen molar-refractivity contribution in [1.82, 2.24) is 5.32 Å². The fourth-order valence-electron chi connectivity index (χ4n) is 2.08. The van der Waals surface area contributed by atoms with Crippen LogP contribution in [-0.4, -0.2) is 49.2 Å². The van der Waals surface area contributed by atoms with Crippen molar-refractivity contribution in [1.29, 1.82) is 0 Å². The van der Waals surface area contributed by atoms with Crippen LogP contribution >= 0.6 is 0 Å². The molecule has 17 heavy (non-hydrogen) atoms. The summed E-state index contributed by atoms with van der Waals surface area (Å²) in [6.45, 7) is 2.62. The molecule has 0 radical (unpaired) electrons. The Morgan fingerprint density at radius 2 is 2.12 bits per heavy atom. The average molecular weight is 247 g/mol. The molecule has 5 atom stereocenters. The summed E-state index contributed by atoms with van der Waals surface area (Å²) in [5, 5.41) is 2.41. The van der Waals surface area contributed by atoms with Crippen molar-refractivity contribution in [2.45, 2.75) is 44.6 Å². The van der Waals surface area contributed by atoms with Gasteiger partial charge in [-0.2, -0.15) is 0 Å². The van der Waals surface area contributed by atoms with Crippen molar-refractivity contribution in [3.63, 3.8) is 0 Å². The molecule has 0 saturated carbocycles. The lowest BCUT2D eigenvalue weighted by Gasteiger charge is -2.36. The molecule has 0 aromatic heterocycles. The van der Waals surface area contributed by atoms with Crippen LogP contribution in [-0.2, 0) is 23.8 Å². The first-order valence-corrected chi connectivity index (χ1v) is 5.34. The Bertz CT molecular complexity index is 307. The molecule has 2 heterocycles. The SMILES string of the molecule is CC(=O)NC1C(F)[C@H](OC(C)=O)C2CO[C@@H]1O2. The van der Waals surface area contributed by atoms with Crippen LogP contribution in [0.15, 0.2) is 0 Å². The van der Waals surface area contributed by atoms with Gasteiger partial charge in [-0.25, -0.2) is 4.39 Å². The smallest absolute Gasteiger partial charge is 0.303 e. The van der Waals surface area contributed by atoms with Crippen LogP contribution in [0.25, 0.3) is 0 Å². The molecule has 0 aromatic carbocycles. The van der Waals surface area contributed by atoms with Gasteiger partial charge in [0.15, 0.2) is 18.6 Å². The minimum Gasteiger partial charge on any atom is -0.456 e. The van der Waals surface area contributed by atoms with Crippen LogP contribution in [0.5, 0.6) is 0 Å². The zero-order chi connectivity index (χ0) is 12.6. The van der Waals surface area contributed by atoms with E-state index >= 15 is 0 Å². The Balaban J connectivity index is 2.12. The minimum atomic E-state index is -1.53. The molecule has 0 spiro atoms. The Morgan fingerprint density at radius 3 is 2.71 bits per heavy atom. The highest BCUT2D eigenvalue weighted by atomic mass is 19.1. The first-order chi connectivity index (χ1) is 7.99. The molecule has 2 aliphatic rings. The Labute approximate surface area is 97.4 Å². The first-order valence-electron chi connectivity index (χ1n) is 5.34. The lowest BCUT2D eigenvalue weighted by atomic mass is 10.00. The van der Waals surface area contributed by atoms with E-state index in [0.29, 0.717) is 0 Å². The van der Waals surface area contributed by atoms with Gasteiger partial charge in [0.1, 0.15) is 12.1 Å². The number of esters is 1. The van der Waals surface area contributed by atoms with Crippen molar-refractivity contribution in [3.05, 3.63) is 0 Å². The van der Waals surface area contributed by atoms with Crippen molar-refractivity contribution >= 4 is 11.9 Å². The fourth-order valence-corrected chi connectivity index (χ4v) is 2.08. The summed E-state index contributed by atoms with van der Waals surface area (Å²) in [6.07, 6.45) is -3.99. The van der Waals surface area contributed by atoms with Crippen molar-refractivity contribution in [2.24, 2.45) is 0 Å². The van der Waals surface area contributed by atoms with E-state index in [1.807, 2.05) is 0 Å². The average Bonchev–Trinajstić information content (AvgIpc) is 2.65. The van der Waals surface area contributed by atoms with Gasteiger partial charge < -0.3 is 19.5 Å². The number of nitrogens with one attached hydrogen (secondary N) is 1. The van der Waals surface area contributed by atoms with Crippen LogP contribution in [0.1, 0.15) is 13.8 Å². The van der Waals surface area contributed by atoms with Gasteiger partial charge in [-0.1, -0.05) is 0 Å². The number of carbonyl (C=O) groups is 2. The van der Waals surface area contributed by atoms with Gasteiger partial charge in [-0.3, -0.25) is 9.59 Å². The third kappa shape index (κ3) is 2.39. The number of ether oxygens (including phenoxy) is 3. The highest BCUT2D eigenvalue weighted by molar-refractivity contribution is 5.73. The van der Waals surface area contributed by atoms with Gasteiger partial charge >= 0.3 is 5.97 Å². The summed E-state index contributed by atoms with van der Waals surface area (Å²) in [7, 11) is 0. The molecule has 2 rings (SSSR count). The van der Waals surface area contributed by atoms with Crippen LogP contribution in [0.2, 0.25) is 0 Å². The third-order valence-corrected chi connectivity index (χ3v) is 2.72. The fraction of sp³-hybridized carbons (Fsp3) is 0.800. The van der Waals surface area contributed by atoms with Gasteiger partial charge in [0.25, 0.3) is 0 Å². The number of rotatable bonds is 2. The summed E-state index contributed by atoms with van der Waals surface area (Å²) in [5.74, 6) is -0.982. The maximum Gasteiger partial charge on any atom is 0.303 e. The first kappa shape index (κ1) is 12.3. The van der Waals surface area contributed by atoms with Crippen LogP contribution in [0.4, 0.5) is 4.39 Å². The number of halogens is 1. The van der Waals surface area contributed by atoms with Gasteiger partial charge in [0.05, 0.1) is 6.61 Å². The zero-order valence-corrected chi connectivity index (χ0v) is 9.51. The Kier molecular flexibility index (Phi) is 3.30. The standard InChI is InChI=1S/C10H14FNO5/c1-4(13)12-8-7(11)9(16-5(2)14)6-3-15-10(8)17-6/h6-10H,3H2,1-2H3,(H,12,13)/t6?,7?,8?,9-,10-/m1/s1. The second-order valence-electron chi connectivity index (χ2n) is 4.12. The van der Waals surface area contributed by atoms with Crippen molar-refractivity contribution in [2.75, 3.05) is 6.61 Å². The van der Waals surface area contributed by atoms with Crippen LogP contribution in [0, 0.1) is 0 Å². The highest BCUT2D eigenvalue weighted by Crippen LogP contribution is 2.31. The van der Waals surface area contributed by atoms with E-state index in [1.54, 1.807) is 0 Å². The molecular weight excluding hydrogens is 233 g/mol. The maximum atomic E-state index is 14.1. The molecule has 1 amide bonds. The summed E-state index contributed by atoms with van der Waals surface area (Å²) in [4.78, 5) is 21.9. The molecular formula is C10H14FNO5. The zero-order valence-electron chi connectivity index (χ0n) is 9.51. The van der Waals surface area contributed by atoms with Crippen molar-refractivity contribution < 1.29 is 28.2 Å². The third-order valence-electron chi connectivity index (χ3n) is 2.72. The van der Waals surface area contributed by atoms with Gasteiger partial charge in [0.2, 0.25) is 5.91 Å². The number of hydrogen-bond donors (Lipinski definition) is 1. The van der Waals surface area contributed by atoms with E-state index in [2.05, 4.69) is 5.32 Å². The van der Waals surface area contributed by atoms with E-state index in [-0.39, 0.29) is 6.61 Å². The van der Waals surface area contributed by atoms with E-state index in [4.69, 9.17) is 14.2 Å². The van der Waals surface area contributed by atoms with Crippen LogP contribution < -0.4 is 5.32 Å². The lowest BCUT2D eigenvalue weighted by Crippen LogP contribution is -2.59. The molecule has 2 fully saturated rings. The Morgan fingerprint density at radius 1 is 1.41 bits per heavy atom. The minimum absolute atomic E-state index is 0.152. The summed E-state index contributed by atoms with van der Waals surface area (Å²) < 4.78 is 29.5. The second kappa shape index (κ2) is 4.58. The summed E-state index contributed by atoms with van der Waals surface area (Å²) in [5.41, 5.74) is 0. The molecule has 6 nitrogen and oxygen atoms in total. The predicted octanol–water partition coefficient (Wildman–Crippen LogP) is -0.484. The predicted molar refractivity (Wildman–Crippen MR) is 52.7 cm³/mol. The highest BCUT2D eigenvalue weighted by Gasteiger charge is 2.53. The van der Waals surface area contributed by atoms with Gasteiger partial charge in [0, 0.05) is 13.8 Å². The monoisotopic (exact) mass is 247 g/mol.